The lowest BCUT2D eigenvalue weighted by Gasteiger charge is -2.25. The number of ketones is 1. The molecule has 0 amide bonds. The molecule has 2 N–H and O–H groups in total. The van der Waals surface area contributed by atoms with Crippen LogP contribution in [0.25, 0.3) is 11.3 Å². The third-order valence-electron chi connectivity index (χ3n) is 5.23. The standard InChI is InChI=1S/C22H23N3O/c1-14(2)16-12-18-20(19(26)13-16)22(24-17-6-4-3-5-7-17)21(25-18)15-8-10-23-11-9-15/h3-11,14,16,24-25H,12-13H2,1-2H3/t16-/m1/s1. The fourth-order valence-electron chi connectivity index (χ4n) is 3.68. The highest BCUT2D eigenvalue weighted by molar-refractivity contribution is 6.07. The molecular weight excluding hydrogens is 322 g/mol. The van der Waals surface area contributed by atoms with E-state index in [2.05, 4.69) is 29.1 Å². The van der Waals surface area contributed by atoms with Crippen LogP contribution in [-0.4, -0.2) is 15.8 Å². The van der Waals surface area contributed by atoms with Crippen LogP contribution in [0.4, 0.5) is 11.4 Å². The maximum Gasteiger partial charge on any atom is 0.167 e. The summed E-state index contributed by atoms with van der Waals surface area (Å²) in [5, 5.41) is 3.48. The van der Waals surface area contributed by atoms with Crippen molar-refractivity contribution in [3.05, 3.63) is 66.1 Å². The topological polar surface area (TPSA) is 57.8 Å². The Bertz CT molecular complexity index is 913. The first-order valence-corrected chi connectivity index (χ1v) is 9.14. The molecule has 132 valence electrons. The number of benzene rings is 1. The molecular formula is C22H23N3O. The van der Waals surface area contributed by atoms with Crippen LogP contribution in [0.3, 0.4) is 0 Å². The van der Waals surface area contributed by atoms with Crippen LogP contribution < -0.4 is 5.32 Å². The minimum absolute atomic E-state index is 0.222. The smallest absolute Gasteiger partial charge is 0.167 e. The van der Waals surface area contributed by atoms with Gasteiger partial charge in [0.05, 0.1) is 16.9 Å². The van der Waals surface area contributed by atoms with E-state index < -0.39 is 0 Å². The number of nitrogens with zero attached hydrogens (tertiary/aromatic N) is 1. The number of fused-ring (bicyclic) bond motifs is 1. The van der Waals surface area contributed by atoms with Crippen LogP contribution in [0, 0.1) is 11.8 Å². The highest BCUT2D eigenvalue weighted by Gasteiger charge is 2.32. The average molecular weight is 345 g/mol. The normalized spacial score (nSPS) is 16.6. The molecule has 4 nitrogen and oxygen atoms in total. The van der Waals surface area contributed by atoms with Gasteiger partial charge in [-0.05, 0) is 42.5 Å². The lowest BCUT2D eigenvalue weighted by atomic mass is 9.80. The number of Topliss-reactive ketones (excluding diaryl/α,β-unsaturated/α-hetero) is 1. The Balaban J connectivity index is 1.84. The fraction of sp³-hybridized carbons (Fsp3) is 0.273. The number of rotatable bonds is 4. The summed E-state index contributed by atoms with van der Waals surface area (Å²) >= 11 is 0. The summed E-state index contributed by atoms with van der Waals surface area (Å²) in [7, 11) is 0. The van der Waals surface area contributed by atoms with E-state index in [9.17, 15) is 4.79 Å². The molecule has 0 saturated carbocycles. The van der Waals surface area contributed by atoms with Crippen LogP contribution in [-0.2, 0) is 6.42 Å². The fourth-order valence-corrected chi connectivity index (χ4v) is 3.68. The number of aromatic nitrogens is 2. The second-order valence-corrected chi connectivity index (χ2v) is 7.29. The zero-order valence-corrected chi connectivity index (χ0v) is 15.1. The summed E-state index contributed by atoms with van der Waals surface area (Å²) in [4.78, 5) is 20.6. The first-order chi connectivity index (χ1) is 12.6. The zero-order valence-electron chi connectivity index (χ0n) is 15.1. The number of pyridine rings is 1. The molecule has 0 saturated heterocycles. The van der Waals surface area contributed by atoms with Gasteiger partial charge in [-0.1, -0.05) is 32.0 Å². The van der Waals surface area contributed by atoms with Crippen molar-refractivity contribution in [2.75, 3.05) is 5.32 Å². The molecule has 1 atom stereocenters. The Morgan fingerprint density at radius 3 is 2.50 bits per heavy atom. The highest BCUT2D eigenvalue weighted by atomic mass is 16.1. The van der Waals surface area contributed by atoms with Crippen molar-refractivity contribution in [3.63, 3.8) is 0 Å². The second-order valence-electron chi connectivity index (χ2n) is 7.29. The summed E-state index contributed by atoms with van der Waals surface area (Å²) in [5.41, 5.74) is 5.71. The van der Waals surface area contributed by atoms with Gasteiger partial charge in [0.25, 0.3) is 0 Å². The van der Waals surface area contributed by atoms with E-state index in [0.29, 0.717) is 18.3 Å². The van der Waals surface area contributed by atoms with Crippen molar-refractivity contribution in [1.29, 1.82) is 0 Å². The summed E-state index contributed by atoms with van der Waals surface area (Å²) in [6.45, 7) is 4.39. The van der Waals surface area contributed by atoms with Gasteiger partial charge < -0.3 is 10.3 Å². The molecule has 0 aliphatic heterocycles. The Morgan fingerprint density at radius 2 is 1.81 bits per heavy atom. The first-order valence-electron chi connectivity index (χ1n) is 9.14. The first kappa shape index (κ1) is 16.6. The van der Waals surface area contributed by atoms with Gasteiger partial charge in [-0.25, -0.2) is 0 Å². The molecule has 3 aromatic rings. The number of hydrogen-bond acceptors (Lipinski definition) is 3. The van der Waals surface area contributed by atoms with Crippen LogP contribution in [0.15, 0.2) is 54.9 Å². The maximum atomic E-state index is 13.0. The number of aromatic amines is 1. The van der Waals surface area contributed by atoms with Gasteiger partial charge in [-0.3, -0.25) is 9.78 Å². The Labute approximate surface area is 153 Å². The molecule has 26 heavy (non-hydrogen) atoms. The van der Waals surface area contributed by atoms with Crippen molar-refractivity contribution >= 4 is 17.2 Å². The molecule has 0 bridgehead atoms. The minimum Gasteiger partial charge on any atom is -0.356 e. The molecule has 0 unspecified atom stereocenters. The minimum atomic E-state index is 0.222. The molecule has 4 rings (SSSR count). The van der Waals surface area contributed by atoms with Crippen LogP contribution in [0.2, 0.25) is 0 Å². The molecule has 0 fully saturated rings. The largest absolute Gasteiger partial charge is 0.356 e. The lowest BCUT2D eigenvalue weighted by Crippen LogP contribution is -2.23. The van der Waals surface area contributed by atoms with E-state index in [4.69, 9.17) is 0 Å². The summed E-state index contributed by atoms with van der Waals surface area (Å²) < 4.78 is 0. The van der Waals surface area contributed by atoms with Crippen LogP contribution in [0.5, 0.6) is 0 Å². The summed E-state index contributed by atoms with van der Waals surface area (Å²) in [6.07, 6.45) is 5.08. The van der Waals surface area contributed by atoms with Crippen molar-refractivity contribution in [2.45, 2.75) is 26.7 Å². The number of carbonyl (C=O) groups excluding carboxylic acids is 1. The van der Waals surface area contributed by atoms with Crippen molar-refractivity contribution in [2.24, 2.45) is 11.8 Å². The molecule has 0 spiro atoms. The van der Waals surface area contributed by atoms with E-state index in [1.165, 1.54) is 0 Å². The second kappa shape index (κ2) is 6.79. The van der Waals surface area contributed by atoms with Gasteiger partial charge in [0.2, 0.25) is 0 Å². The van der Waals surface area contributed by atoms with E-state index in [1.807, 2.05) is 42.5 Å². The quantitative estimate of drug-likeness (QED) is 0.681. The highest BCUT2D eigenvalue weighted by Crippen LogP contribution is 2.41. The maximum absolute atomic E-state index is 13.0. The number of para-hydroxylation sites is 1. The van der Waals surface area contributed by atoms with Gasteiger partial charge in [0.1, 0.15) is 0 Å². The molecule has 2 aromatic heterocycles. The third kappa shape index (κ3) is 3.03. The van der Waals surface area contributed by atoms with E-state index in [-0.39, 0.29) is 5.78 Å². The predicted molar refractivity (Wildman–Crippen MR) is 105 cm³/mol. The molecule has 4 heteroatoms. The van der Waals surface area contributed by atoms with E-state index in [0.717, 1.165) is 40.3 Å². The van der Waals surface area contributed by atoms with Gasteiger partial charge in [-0.2, -0.15) is 0 Å². The van der Waals surface area contributed by atoms with Crippen molar-refractivity contribution in [1.82, 2.24) is 9.97 Å². The number of carbonyl (C=O) groups is 1. The number of hydrogen-bond donors (Lipinski definition) is 2. The summed E-state index contributed by atoms with van der Waals surface area (Å²) in [6, 6.07) is 13.9. The van der Waals surface area contributed by atoms with E-state index >= 15 is 0 Å². The Hall–Kier alpha value is -2.88. The summed E-state index contributed by atoms with van der Waals surface area (Å²) in [5.74, 6) is 1.11. The number of H-pyrrole nitrogens is 1. The van der Waals surface area contributed by atoms with Crippen LogP contribution in [0.1, 0.15) is 36.3 Å². The molecule has 0 radical (unpaired) electrons. The van der Waals surface area contributed by atoms with E-state index in [1.54, 1.807) is 12.4 Å². The monoisotopic (exact) mass is 345 g/mol. The molecule has 1 aliphatic rings. The van der Waals surface area contributed by atoms with Gasteiger partial charge in [-0.15, -0.1) is 0 Å². The van der Waals surface area contributed by atoms with Crippen molar-refractivity contribution in [3.8, 4) is 11.3 Å². The third-order valence-corrected chi connectivity index (χ3v) is 5.23. The van der Waals surface area contributed by atoms with Crippen LogP contribution >= 0.6 is 0 Å². The zero-order chi connectivity index (χ0) is 18.1. The predicted octanol–water partition coefficient (Wildman–Crippen LogP) is 5.22. The SMILES string of the molecule is CC(C)[C@H]1CC(=O)c2c([nH]c(-c3ccncc3)c2Nc2ccccc2)C1. The Kier molecular flexibility index (Phi) is 4.33. The average Bonchev–Trinajstić information content (AvgIpc) is 3.02. The van der Waals surface area contributed by atoms with Gasteiger partial charge in [0, 0.05) is 35.8 Å². The van der Waals surface area contributed by atoms with Gasteiger partial charge >= 0.3 is 0 Å². The molecule has 1 aliphatic carbocycles. The molecule has 2 heterocycles. The van der Waals surface area contributed by atoms with Crippen molar-refractivity contribution < 1.29 is 4.79 Å². The number of nitrogens with one attached hydrogen (secondary N) is 2. The molecule has 1 aromatic carbocycles. The lowest BCUT2D eigenvalue weighted by molar-refractivity contribution is 0.0934. The Morgan fingerprint density at radius 1 is 1.08 bits per heavy atom. The van der Waals surface area contributed by atoms with Gasteiger partial charge in [0.15, 0.2) is 5.78 Å². The number of anilines is 2.